The lowest BCUT2D eigenvalue weighted by atomic mass is 9.92. The van der Waals surface area contributed by atoms with E-state index in [2.05, 4.69) is 15.5 Å². The number of ether oxygens (including phenoxy) is 2. The van der Waals surface area contributed by atoms with E-state index in [0.717, 1.165) is 5.56 Å². The minimum Gasteiger partial charge on any atom is -0.491 e. The topological polar surface area (TPSA) is 146 Å². The van der Waals surface area contributed by atoms with Crippen molar-refractivity contribution in [2.75, 3.05) is 6.61 Å². The lowest BCUT2D eigenvalue weighted by Gasteiger charge is -2.28. The standard InChI is InChI=1S/C28H32F2N6O5/c1-15-10-11-35-21(12-15)22(24(31)37)26(34-35)41-17-6-4-16(5-7-17)32-25(38)23-19-9-8-18(40-14-28(2,3)39)13-20(19)36(33-23)27(29)30/h8-13,16-17,27,39H,4-7,14H2,1-3H3,(H2,31,37)(H,32,38)/t16-,17-. The van der Waals surface area contributed by atoms with Crippen molar-refractivity contribution in [3.8, 4) is 11.6 Å². The van der Waals surface area contributed by atoms with Crippen LogP contribution in [0, 0.1) is 6.92 Å². The summed E-state index contributed by atoms with van der Waals surface area (Å²) in [5, 5.41) is 21.3. The van der Waals surface area contributed by atoms with Crippen LogP contribution < -0.4 is 20.5 Å². The molecule has 1 aliphatic carbocycles. The Kier molecular flexibility index (Phi) is 7.56. The zero-order valence-corrected chi connectivity index (χ0v) is 22.9. The summed E-state index contributed by atoms with van der Waals surface area (Å²) in [7, 11) is 0. The number of carbonyl (C=O) groups excluding carboxylic acids is 2. The number of halogens is 2. The van der Waals surface area contributed by atoms with Crippen LogP contribution in [-0.2, 0) is 0 Å². The zero-order chi connectivity index (χ0) is 29.5. The number of aliphatic hydroxyl groups is 1. The number of pyridine rings is 1. The van der Waals surface area contributed by atoms with E-state index in [1.807, 2.05) is 19.1 Å². The van der Waals surface area contributed by atoms with Gasteiger partial charge in [0.05, 0.1) is 16.6 Å². The van der Waals surface area contributed by atoms with Crippen LogP contribution in [0.4, 0.5) is 8.78 Å². The minimum atomic E-state index is -2.97. The van der Waals surface area contributed by atoms with Gasteiger partial charge in [0.2, 0.25) is 5.88 Å². The number of aromatic nitrogens is 4. The van der Waals surface area contributed by atoms with E-state index in [-0.39, 0.29) is 52.5 Å². The molecule has 41 heavy (non-hydrogen) atoms. The molecule has 4 N–H and O–H groups in total. The summed E-state index contributed by atoms with van der Waals surface area (Å²) < 4.78 is 41.2. The Labute approximate surface area is 234 Å². The maximum atomic E-state index is 13.8. The second kappa shape index (κ2) is 11.0. The molecule has 0 spiro atoms. The molecule has 1 fully saturated rings. The van der Waals surface area contributed by atoms with Crippen molar-refractivity contribution in [1.29, 1.82) is 0 Å². The molecule has 218 valence electrons. The van der Waals surface area contributed by atoms with Gasteiger partial charge in [-0.25, -0.2) is 9.20 Å². The van der Waals surface area contributed by atoms with Crippen molar-refractivity contribution in [1.82, 2.24) is 24.7 Å². The molecule has 0 bridgehead atoms. The summed E-state index contributed by atoms with van der Waals surface area (Å²) in [4.78, 5) is 25.3. The number of nitrogens with two attached hydrogens (primary N) is 1. The summed E-state index contributed by atoms with van der Waals surface area (Å²) in [6.45, 7) is 2.03. The highest BCUT2D eigenvalue weighted by Crippen LogP contribution is 2.30. The van der Waals surface area contributed by atoms with Gasteiger partial charge in [-0.1, -0.05) is 0 Å². The van der Waals surface area contributed by atoms with E-state index >= 15 is 0 Å². The third-order valence-electron chi connectivity index (χ3n) is 6.96. The van der Waals surface area contributed by atoms with Crippen LogP contribution >= 0.6 is 0 Å². The van der Waals surface area contributed by atoms with Gasteiger partial charge >= 0.3 is 6.55 Å². The fourth-order valence-corrected chi connectivity index (χ4v) is 4.96. The van der Waals surface area contributed by atoms with Crippen molar-refractivity contribution in [3.63, 3.8) is 0 Å². The van der Waals surface area contributed by atoms with Gasteiger partial charge in [-0.05, 0) is 76.3 Å². The van der Waals surface area contributed by atoms with Gasteiger partial charge in [-0.15, -0.1) is 5.10 Å². The molecule has 11 nitrogen and oxygen atoms in total. The summed E-state index contributed by atoms with van der Waals surface area (Å²) in [5.41, 5.74) is 6.19. The molecule has 4 aromatic rings. The molecule has 0 unspecified atom stereocenters. The second-order valence-electron chi connectivity index (χ2n) is 11.0. The average molecular weight is 571 g/mol. The fraction of sp³-hybridized carbons (Fsp3) is 0.429. The second-order valence-corrected chi connectivity index (χ2v) is 11.0. The predicted molar refractivity (Wildman–Crippen MR) is 145 cm³/mol. The number of rotatable bonds is 9. The Morgan fingerprint density at radius 3 is 2.54 bits per heavy atom. The van der Waals surface area contributed by atoms with Crippen LogP contribution in [0.1, 0.15) is 72.5 Å². The summed E-state index contributed by atoms with van der Waals surface area (Å²) in [5.74, 6) is -0.749. The van der Waals surface area contributed by atoms with Crippen LogP contribution in [-0.4, -0.2) is 60.7 Å². The lowest BCUT2D eigenvalue weighted by molar-refractivity contribution is 0.0284. The molecule has 1 aliphatic rings. The Bertz CT molecular complexity index is 1600. The number of hydrogen-bond donors (Lipinski definition) is 3. The first-order valence-electron chi connectivity index (χ1n) is 13.3. The van der Waals surface area contributed by atoms with Crippen molar-refractivity contribution in [2.24, 2.45) is 5.73 Å². The molecule has 0 atom stereocenters. The van der Waals surface area contributed by atoms with Crippen molar-refractivity contribution in [3.05, 3.63) is 53.3 Å². The largest absolute Gasteiger partial charge is 0.491 e. The number of primary amides is 1. The number of fused-ring (bicyclic) bond motifs is 2. The molecule has 3 aromatic heterocycles. The third kappa shape index (κ3) is 6.09. The van der Waals surface area contributed by atoms with E-state index < -0.39 is 24.0 Å². The number of alkyl halides is 2. The SMILES string of the molecule is Cc1ccn2nc(O[C@H]3CC[C@H](NC(=O)c4nn(C(F)F)c5cc(OCC(C)(C)O)ccc45)CC3)c(C(N)=O)c2c1. The van der Waals surface area contributed by atoms with Crippen LogP contribution in [0.25, 0.3) is 16.4 Å². The quantitative estimate of drug-likeness (QED) is 0.278. The van der Waals surface area contributed by atoms with Gasteiger partial charge in [0.15, 0.2) is 5.69 Å². The average Bonchev–Trinajstić information content (AvgIpc) is 3.46. The van der Waals surface area contributed by atoms with E-state index in [9.17, 15) is 23.5 Å². The van der Waals surface area contributed by atoms with Gasteiger partial charge in [-0.2, -0.15) is 13.9 Å². The maximum absolute atomic E-state index is 13.8. The first-order valence-corrected chi connectivity index (χ1v) is 13.3. The molecule has 0 aliphatic heterocycles. The van der Waals surface area contributed by atoms with Crippen molar-refractivity contribution < 1.29 is 33.0 Å². The monoisotopic (exact) mass is 570 g/mol. The highest BCUT2D eigenvalue weighted by Gasteiger charge is 2.29. The Balaban J connectivity index is 1.25. The smallest absolute Gasteiger partial charge is 0.333 e. The molecular formula is C28H32F2N6O5. The fourth-order valence-electron chi connectivity index (χ4n) is 4.96. The first kappa shape index (κ1) is 28.3. The van der Waals surface area contributed by atoms with E-state index in [1.165, 1.54) is 12.1 Å². The van der Waals surface area contributed by atoms with Gasteiger partial charge < -0.3 is 25.6 Å². The Hall–Kier alpha value is -4.26. The minimum absolute atomic E-state index is 0.0400. The molecule has 1 aromatic carbocycles. The third-order valence-corrected chi connectivity index (χ3v) is 6.96. The van der Waals surface area contributed by atoms with E-state index in [0.29, 0.717) is 35.9 Å². The van der Waals surface area contributed by atoms with Crippen LogP contribution in [0.2, 0.25) is 0 Å². The number of amides is 2. The van der Waals surface area contributed by atoms with Crippen molar-refractivity contribution >= 4 is 28.2 Å². The van der Waals surface area contributed by atoms with Gasteiger partial charge in [0.25, 0.3) is 11.8 Å². The number of benzene rings is 1. The molecule has 2 amide bonds. The zero-order valence-electron chi connectivity index (χ0n) is 22.9. The van der Waals surface area contributed by atoms with Crippen LogP contribution in [0.15, 0.2) is 36.5 Å². The molecule has 13 heteroatoms. The molecule has 0 radical (unpaired) electrons. The predicted octanol–water partition coefficient (Wildman–Crippen LogP) is 3.76. The first-order chi connectivity index (χ1) is 19.4. The highest BCUT2D eigenvalue weighted by molar-refractivity contribution is 6.05. The normalized spacial score (nSPS) is 17.7. The summed E-state index contributed by atoms with van der Waals surface area (Å²) in [6, 6.07) is 7.89. The van der Waals surface area contributed by atoms with Gasteiger partial charge in [0.1, 0.15) is 24.0 Å². The molecule has 3 heterocycles. The van der Waals surface area contributed by atoms with E-state index in [1.54, 1.807) is 30.6 Å². The van der Waals surface area contributed by atoms with Gasteiger partial charge in [0, 0.05) is 23.7 Å². The Morgan fingerprint density at radius 1 is 1.15 bits per heavy atom. The molecular weight excluding hydrogens is 538 g/mol. The Morgan fingerprint density at radius 2 is 1.88 bits per heavy atom. The van der Waals surface area contributed by atoms with Crippen LogP contribution in [0.5, 0.6) is 11.6 Å². The highest BCUT2D eigenvalue weighted by atomic mass is 19.3. The number of carbonyl (C=O) groups is 2. The van der Waals surface area contributed by atoms with Crippen molar-refractivity contribution in [2.45, 2.75) is 70.8 Å². The maximum Gasteiger partial charge on any atom is 0.333 e. The molecule has 1 saturated carbocycles. The number of aryl methyl sites for hydroxylation is 1. The number of hydrogen-bond acceptors (Lipinski definition) is 7. The summed E-state index contributed by atoms with van der Waals surface area (Å²) in [6.07, 6.45) is 3.77. The molecule has 0 saturated heterocycles. The van der Waals surface area contributed by atoms with Gasteiger partial charge in [-0.3, -0.25) is 9.59 Å². The molecule has 5 rings (SSSR count). The van der Waals surface area contributed by atoms with Crippen LogP contribution in [0.3, 0.4) is 0 Å². The summed E-state index contributed by atoms with van der Waals surface area (Å²) >= 11 is 0. The number of nitrogens with one attached hydrogen (secondary N) is 1. The lowest BCUT2D eigenvalue weighted by Crippen LogP contribution is -2.40. The van der Waals surface area contributed by atoms with E-state index in [4.69, 9.17) is 15.2 Å². The number of nitrogens with zero attached hydrogens (tertiary/aromatic N) is 4.